The number of hydrogen-bond acceptors (Lipinski definition) is 7. The molecule has 0 bridgehead atoms. The summed E-state index contributed by atoms with van der Waals surface area (Å²) in [6, 6.07) is 15.7. The highest BCUT2D eigenvalue weighted by Crippen LogP contribution is 2.49. The molecule has 0 saturated carbocycles. The van der Waals surface area contributed by atoms with E-state index in [9.17, 15) is 19.2 Å². The molecule has 192 valence electrons. The van der Waals surface area contributed by atoms with E-state index in [0.717, 1.165) is 29.0 Å². The Kier molecular flexibility index (Phi) is 5.94. The fraction of sp³-hybridized carbons (Fsp3) is 0.267. The van der Waals surface area contributed by atoms with Crippen molar-refractivity contribution in [3.63, 3.8) is 0 Å². The zero-order valence-corrected chi connectivity index (χ0v) is 20.8. The molecule has 2 aromatic carbocycles. The van der Waals surface area contributed by atoms with Crippen LogP contribution in [0.3, 0.4) is 0 Å². The predicted molar refractivity (Wildman–Crippen MR) is 140 cm³/mol. The molecule has 2 amide bonds. The Morgan fingerprint density at radius 1 is 0.947 bits per heavy atom. The van der Waals surface area contributed by atoms with Crippen molar-refractivity contribution in [3.05, 3.63) is 89.9 Å². The number of carbonyl (C=O) groups excluding carboxylic acids is 4. The highest BCUT2D eigenvalue weighted by atomic mass is 16.5. The minimum atomic E-state index is -0.906. The van der Waals surface area contributed by atoms with Gasteiger partial charge in [0.05, 0.1) is 42.0 Å². The quantitative estimate of drug-likeness (QED) is 0.200. The summed E-state index contributed by atoms with van der Waals surface area (Å²) in [5.74, 6) is -3.09. The van der Waals surface area contributed by atoms with Crippen LogP contribution in [0.1, 0.15) is 46.2 Å². The first-order valence-corrected chi connectivity index (χ1v) is 12.8. The SMILES string of the molecule is CCCCOC(=O)c1ccc(N2C(=O)C3C(C2=O)C(C(=O)c2ccco2)N2c4ccccc4C=CC32)cc1. The molecule has 0 radical (unpaired) electrons. The van der Waals surface area contributed by atoms with E-state index in [1.54, 1.807) is 36.4 Å². The molecule has 1 aromatic heterocycles. The molecule has 0 spiro atoms. The first-order valence-electron chi connectivity index (χ1n) is 12.8. The van der Waals surface area contributed by atoms with Gasteiger partial charge in [-0.25, -0.2) is 9.69 Å². The summed E-state index contributed by atoms with van der Waals surface area (Å²) in [5, 5.41) is 0. The zero-order chi connectivity index (χ0) is 26.4. The van der Waals surface area contributed by atoms with Gasteiger partial charge in [0, 0.05) is 5.69 Å². The second-order valence-corrected chi connectivity index (χ2v) is 9.70. The largest absolute Gasteiger partial charge is 0.462 e. The Balaban J connectivity index is 1.35. The van der Waals surface area contributed by atoms with Gasteiger partial charge in [-0.1, -0.05) is 43.7 Å². The van der Waals surface area contributed by atoms with Gasteiger partial charge in [0.15, 0.2) is 5.76 Å². The fourth-order valence-electron chi connectivity index (χ4n) is 5.77. The molecule has 3 aromatic rings. The van der Waals surface area contributed by atoms with E-state index in [-0.39, 0.29) is 17.5 Å². The highest BCUT2D eigenvalue weighted by Gasteiger charge is 2.64. The van der Waals surface area contributed by atoms with E-state index >= 15 is 0 Å². The number of fused-ring (bicyclic) bond motifs is 5. The lowest BCUT2D eigenvalue weighted by Gasteiger charge is -2.36. The molecule has 8 nitrogen and oxygen atoms in total. The average molecular weight is 511 g/mol. The summed E-state index contributed by atoms with van der Waals surface area (Å²) in [5.41, 5.74) is 2.42. The Hall–Kier alpha value is -4.46. The topological polar surface area (TPSA) is 97.1 Å². The number of furan rings is 1. The average Bonchev–Trinajstić information content (AvgIpc) is 3.65. The smallest absolute Gasteiger partial charge is 0.338 e. The van der Waals surface area contributed by atoms with Crippen molar-refractivity contribution in [2.45, 2.75) is 31.8 Å². The van der Waals surface area contributed by atoms with E-state index in [1.165, 1.54) is 6.26 Å². The lowest BCUT2D eigenvalue weighted by atomic mass is 9.87. The third-order valence-corrected chi connectivity index (χ3v) is 7.54. The van der Waals surface area contributed by atoms with Crippen LogP contribution in [0.2, 0.25) is 0 Å². The van der Waals surface area contributed by atoms with Gasteiger partial charge in [0.2, 0.25) is 17.6 Å². The van der Waals surface area contributed by atoms with Crippen LogP contribution in [0.25, 0.3) is 6.08 Å². The van der Waals surface area contributed by atoms with Crippen LogP contribution < -0.4 is 9.80 Å². The number of para-hydroxylation sites is 1. The van der Waals surface area contributed by atoms with Crippen LogP contribution in [-0.2, 0) is 14.3 Å². The van der Waals surface area contributed by atoms with Crippen LogP contribution >= 0.6 is 0 Å². The fourth-order valence-corrected chi connectivity index (χ4v) is 5.77. The first kappa shape index (κ1) is 23.9. The number of amides is 2. The van der Waals surface area contributed by atoms with Crippen molar-refractivity contribution in [1.82, 2.24) is 0 Å². The number of unbranched alkanes of at least 4 members (excludes halogenated alkanes) is 1. The second kappa shape index (κ2) is 9.45. The van der Waals surface area contributed by atoms with Crippen molar-refractivity contribution in [3.8, 4) is 0 Å². The van der Waals surface area contributed by atoms with E-state index in [1.807, 2.05) is 48.2 Å². The molecule has 4 unspecified atom stereocenters. The number of rotatable bonds is 7. The molecule has 2 saturated heterocycles. The third kappa shape index (κ3) is 3.67. The van der Waals surface area contributed by atoms with Crippen molar-refractivity contribution < 1.29 is 28.3 Å². The van der Waals surface area contributed by atoms with E-state index in [2.05, 4.69) is 0 Å². The van der Waals surface area contributed by atoms with Gasteiger partial charge in [-0.2, -0.15) is 0 Å². The van der Waals surface area contributed by atoms with Crippen LogP contribution in [0.5, 0.6) is 0 Å². The monoisotopic (exact) mass is 510 g/mol. The number of Topliss-reactive ketones (excluding diaryl/α,β-unsaturated/α-hetero) is 1. The van der Waals surface area contributed by atoms with E-state index in [0.29, 0.717) is 17.9 Å². The summed E-state index contributed by atoms with van der Waals surface area (Å²) < 4.78 is 10.7. The predicted octanol–water partition coefficient (Wildman–Crippen LogP) is 4.51. The second-order valence-electron chi connectivity index (χ2n) is 9.70. The van der Waals surface area contributed by atoms with Gasteiger partial charge in [-0.15, -0.1) is 0 Å². The number of imide groups is 1. The summed E-state index contributed by atoms with van der Waals surface area (Å²) in [6.45, 7) is 2.35. The molecule has 8 heteroatoms. The molecule has 38 heavy (non-hydrogen) atoms. The Morgan fingerprint density at radius 3 is 2.45 bits per heavy atom. The minimum Gasteiger partial charge on any atom is -0.462 e. The van der Waals surface area contributed by atoms with Crippen molar-refractivity contribution in [2.24, 2.45) is 11.8 Å². The summed E-state index contributed by atoms with van der Waals surface area (Å²) in [7, 11) is 0. The molecule has 3 aliphatic rings. The van der Waals surface area contributed by atoms with Gasteiger partial charge >= 0.3 is 5.97 Å². The summed E-state index contributed by atoms with van der Waals surface area (Å²) in [6.07, 6.45) is 6.95. The maximum atomic E-state index is 13.9. The summed E-state index contributed by atoms with van der Waals surface area (Å²) >= 11 is 0. The van der Waals surface area contributed by atoms with E-state index in [4.69, 9.17) is 9.15 Å². The molecule has 0 aliphatic carbocycles. The molecule has 6 rings (SSSR count). The number of hydrogen-bond donors (Lipinski definition) is 0. The molecule has 4 heterocycles. The van der Waals surface area contributed by atoms with Gasteiger partial charge in [0.1, 0.15) is 6.04 Å². The zero-order valence-electron chi connectivity index (χ0n) is 20.8. The number of esters is 1. The first-order chi connectivity index (χ1) is 18.5. The van der Waals surface area contributed by atoms with Crippen molar-refractivity contribution in [1.29, 1.82) is 0 Å². The number of anilines is 2. The van der Waals surface area contributed by atoms with Crippen molar-refractivity contribution in [2.75, 3.05) is 16.4 Å². The van der Waals surface area contributed by atoms with Gasteiger partial charge in [0.25, 0.3) is 0 Å². The number of nitrogens with zero attached hydrogens (tertiary/aromatic N) is 2. The summed E-state index contributed by atoms with van der Waals surface area (Å²) in [4.78, 5) is 56.8. The maximum Gasteiger partial charge on any atom is 0.338 e. The van der Waals surface area contributed by atoms with E-state index < -0.39 is 35.8 Å². The minimum absolute atomic E-state index is 0.145. The van der Waals surface area contributed by atoms with Gasteiger partial charge < -0.3 is 14.1 Å². The number of benzene rings is 2. The molecular weight excluding hydrogens is 484 g/mol. The standard InChI is InChI=1S/C30H26N2O6/c1-2-3-16-38-30(36)19-10-13-20(14-11-19)31-28(34)24-22-15-12-18-7-4-5-8-21(18)32(22)26(25(24)29(31)35)27(33)23-9-6-17-37-23/h4-15,17,22,24-26H,2-3,16H2,1H3. The maximum absolute atomic E-state index is 13.9. The lowest BCUT2D eigenvalue weighted by molar-refractivity contribution is -0.122. The number of ketones is 1. The Labute approximate surface area is 219 Å². The molecule has 3 aliphatic heterocycles. The molecule has 0 N–H and O–H groups in total. The molecule has 2 fully saturated rings. The van der Waals surface area contributed by atoms with Crippen LogP contribution in [-0.4, -0.2) is 42.3 Å². The van der Waals surface area contributed by atoms with Crippen LogP contribution in [0.15, 0.2) is 77.4 Å². The number of carbonyl (C=O) groups is 4. The molecule has 4 atom stereocenters. The molecular formula is C30H26N2O6. The number of ether oxygens (including phenoxy) is 1. The van der Waals surface area contributed by atoms with Gasteiger partial charge in [-0.3, -0.25) is 14.4 Å². The third-order valence-electron chi connectivity index (χ3n) is 7.54. The van der Waals surface area contributed by atoms with Crippen molar-refractivity contribution >= 4 is 41.0 Å². The van der Waals surface area contributed by atoms with Crippen LogP contribution in [0.4, 0.5) is 11.4 Å². The van der Waals surface area contributed by atoms with Gasteiger partial charge in [-0.05, 0) is 54.4 Å². The Bertz CT molecular complexity index is 1440. The highest BCUT2D eigenvalue weighted by molar-refractivity contribution is 6.25. The Morgan fingerprint density at radius 2 is 1.71 bits per heavy atom. The van der Waals surface area contributed by atoms with Crippen LogP contribution in [0, 0.1) is 11.8 Å². The lowest BCUT2D eigenvalue weighted by Crippen LogP contribution is -2.48. The normalized spacial score (nSPS) is 23.3.